The van der Waals surface area contributed by atoms with Gasteiger partial charge in [-0.05, 0) is 55.6 Å². The van der Waals surface area contributed by atoms with E-state index in [2.05, 4.69) is 45.7 Å². The first kappa shape index (κ1) is 19.5. The zero-order valence-electron chi connectivity index (χ0n) is 17.3. The number of ether oxygens (including phenoxy) is 2. The van der Waals surface area contributed by atoms with E-state index in [1.807, 2.05) is 18.3 Å². The van der Waals surface area contributed by atoms with E-state index in [4.69, 9.17) is 9.47 Å². The predicted octanol–water partition coefficient (Wildman–Crippen LogP) is 4.69. The number of nitrogens with one attached hydrogen (secondary N) is 1. The van der Waals surface area contributed by atoms with Gasteiger partial charge in [-0.2, -0.15) is 0 Å². The van der Waals surface area contributed by atoms with Gasteiger partial charge >= 0.3 is 0 Å². The molecule has 4 rings (SSSR count). The minimum atomic E-state index is 0.505. The number of likely N-dealkylation sites (tertiary alicyclic amines) is 1. The van der Waals surface area contributed by atoms with Crippen molar-refractivity contribution in [1.29, 1.82) is 0 Å². The Morgan fingerprint density at radius 1 is 1.28 bits per heavy atom. The van der Waals surface area contributed by atoms with Gasteiger partial charge in [-0.3, -0.25) is 4.90 Å². The molecule has 1 unspecified atom stereocenters. The molecule has 1 aliphatic rings. The fourth-order valence-electron chi connectivity index (χ4n) is 4.42. The second-order valence-electron chi connectivity index (χ2n) is 7.72. The normalized spacial score (nSPS) is 17.4. The fourth-order valence-corrected chi connectivity index (χ4v) is 4.42. The van der Waals surface area contributed by atoms with E-state index in [1.54, 1.807) is 14.2 Å². The van der Waals surface area contributed by atoms with E-state index in [0.29, 0.717) is 5.92 Å². The molecule has 1 atom stereocenters. The molecule has 0 amide bonds. The van der Waals surface area contributed by atoms with Crippen LogP contribution in [0.15, 0.2) is 49.2 Å². The zero-order chi connectivity index (χ0) is 20.2. The molecular weight excluding hydrogens is 362 g/mol. The standard InChI is InChI=1S/C24H29N3O2/c1-4-7-18-12-17(13-22(28-2)23(18)29-3)15-27-11-6-9-20(16-27)21-14-19-8-5-10-25-24(19)26-21/h4-5,8,10,12-14,20H,1,6-7,9,11,15-16H2,2-3H3,(H,25,26). The van der Waals surface area contributed by atoms with Crippen LogP contribution in [0.25, 0.3) is 11.0 Å². The molecule has 0 spiro atoms. The van der Waals surface area contributed by atoms with Gasteiger partial charge in [-0.1, -0.05) is 12.1 Å². The van der Waals surface area contributed by atoms with Crippen molar-refractivity contribution in [2.45, 2.75) is 31.7 Å². The quantitative estimate of drug-likeness (QED) is 0.594. The van der Waals surface area contributed by atoms with Crippen LogP contribution in [0.5, 0.6) is 11.5 Å². The number of aromatic amines is 1. The van der Waals surface area contributed by atoms with Crippen molar-refractivity contribution in [1.82, 2.24) is 14.9 Å². The Morgan fingerprint density at radius 3 is 2.93 bits per heavy atom. The molecule has 5 heteroatoms. The van der Waals surface area contributed by atoms with Gasteiger partial charge in [0.25, 0.3) is 0 Å². The van der Waals surface area contributed by atoms with Crippen LogP contribution in [-0.2, 0) is 13.0 Å². The van der Waals surface area contributed by atoms with Gasteiger partial charge < -0.3 is 14.5 Å². The van der Waals surface area contributed by atoms with Crippen LogP contribution in [0.1, 0.15) is 35.6 Å². The summed E-state index contributed by atoms with van der Waals surface area (Å²) in [6, 6.07) is 10.7. The topological polar surface area (TPSA) is 50.4 Å². The maximum Gasteiger partial charge on any atom is 0.164 e. The first-order valence-electron chi connectivity index (χ1n) is 10.2. The molecule has 1 aliphatic heterocycles. The molecule has 1 aromatic carbocycles. The smallest absolute Gasteiger partial charge is 0.164 e. The summed E-state index contributed by atoms with van der Waals surface area (Å²) in [5.74, 6) is 2.10. The lowest BCUT2D eigenvalue weighted by Gasteiger charge is -2.32. The van der Waals surface area contributed by atoms with Gasteiger partial charge in [-0.25, -0.2) is 4.98 Å². The molecule has 3 aromatic rings. The fraction of sp³-hybridized carbons (Fsp3) is 0.375. The highest BCUT2D eigenvalue weighted by Gasteiger charge is 2.23. The number of rotatable bonds is 7. The SMILES string of the molecule is C=CCc1cc(CN2CCCC(c3cc4cccnc4[nH]3)C2)cc(OC)c1OC. The Morgan fingerprint density at radius 2 is 2.17 bits per heavy atom. The van der Waals surface area contributed by atoms with Gasteiger partial charge in [-0.15, -0.1) is 6.58 Å². The third-order valence-corrected chi connectivity index (χ3v) is 5.74. The van der Waals surface area contributed by atoms with Crippen LogP contribution in [0, 0.1) is 0 Å². The van der Waals surface area contributed by atoms with Crippen molar-refractivity contribution in [2.75, 3.05) is 27.3 Å². The average molecular weight is 392 g/mol. The Hall–Kier alpha value is -2.79. The number of allylic oxidation sites excluding steroid dienone is 1. The largest absolute Gasteiger partial charge is 0.493 e. The second kappa shape index (κ2) is 8.70. The molecular formula is C24H29N3O2. The Labute approximate surface area is 172 Å². The molecule has 1 saturated heterocycles. The molecule has 3 heterocycles. The van der Waals surface area contributed by atoms with E-state index in [0.717, 1.165) is 48.8 Å². The minimum absolute atomic E-state index is 0.505. The molecule has 29 heavy (non-hydrogen) atoms. The van der Waals surface area contributed by atoms with Crippen molar-refractivity contribution in [2.24, 2.45) is 0 Å². The summed E-state index contributed by atoms with van der Waals surface area (Å²) in [6.45, 7) is 6.93. The van der Waals surface area contributed by atoms with Crippen molar-refractivity contribution < 1.29 is 9.47 Å². The summed E-state index contributed by atoms with van der Waals surface area (Å²) >= 11 is 0. The lowest BCUT2D eigenvalue weighted by Crippen LogP contribution is -2.34. The lowest BCUT2D eigenvalue weighted by atomic mass is 9.94. The molecule has 1 N–H and O–H groups in total. The van der Waals surface area contributed by atoms with Crippen LogP contribution >= 0.6 is 0 Å². The van der Waals surface area contributed by atoms with Gasteiger partial charge in [0.2, 0.25) is 0 Å². The summed E-state index contributed by atoms with van der Waals surface area (Å²) in [7, 11) is 3.38. The number of benzene rings is 1. The summed E-state index contributed by atoms with van der Waals surface area (Å²) in [5, 5.41) is 1.19. The Balaban J connectivity index is 1.53. The number of nitrogens with zero attached hydrogens (tertiary/aromatic N) is 2. The summed E-state index contributed by atoms with van der Waals surface area (Å²) in [4.78, 5) is 10.5. The van der Waals surface area contributed by atoms with Crippen molar-refractivity contribution >= 4 is 11.0 Å². The number of pyridine rings is 1. The monoisotopic (exact) mass is 391 g/mol. The van der Waals surface area contributed by atoms with Gasteiger partial charge in [0.15, 0.2) is 11.5 Å². The van der Waals surface area contributed by atoms with E-state index in [1.165, 1.54) is 29.5 Å². The van der Waals surface area contributed by atoms with Crippen LogP contribution in [0.2, 0.25) is 0 Å². The highest BCUT2D eigenvalue weighted by atomic mass is 16.5. The highest BCUT2D eigenvalue weighted by molar-refractivity contribution is 5.76. The van der Waals surface area contributed by atoms with E-state index in [9.17, 15) is 0 Å². The average Bonchev–Trinajstić information content (AvgIpc) is 3.18. The van der Waals surface area contributed by atoms with Crippen molar-refractivity contribution in [3.8, 4) is 11.5 Å². The third kappa shape index (κ3) is 4.15. The third-order valence-electron chi connectivity index (χ3n) is 5.74. The molecule has 5 nitrogen and oxygen atoms in total. The van der Waals surface area contributed by atoms with Crippen LogP contribution in [0.3, 0.4) is 0 Å². The van der Waals surface area contributed by atoms with E-state index < -0.39 is 0 Å². The molecule has 2 aromatic heterocycles. The lowest BCUT2D eigenvalue weighted by molar-refractivity contribution is 0.198. The van der Waals surface area contributed by atoms with Gasteiger partial charge in [0, 0.05) is 41.8 Å². The summed E-state index contributed by atoms with van der Waals surface area (Å²) in [6.07, 6.45) is 6.91. The Bertz CT molecular complexity index is 962. The Kier molecular flexibility index (Phi) is 5.86. The molecule has 0 saturated carbocycles. The maximum atomic E-state index is 5.59. The molecule has 0 bridgehead atoms. The van der Waals surface area contributed by atoms with Crippen molar-refractivity contribution in [3.05, 3.63) is 66.0 Å². The number of methoxy groups -OCH3 is 2. The minimum Gasteiger partial charge on any atom is -0.493 e. The van der Waals surface area contributed by atoms with E-state index >= 15 is 0 Å². The number of piperidine rings is 1. The second-order valence-corrected chi connectivity index (χ2v) is 7.72. The first-order chi connectivity index (χ1) is 14.2. The van der Waals surface area contributed by atoms with Gasteiger partial charge in [0.05, 0.1) is 14.2 Å². The van der Waals surface area contributed by atoms with Crippen molar-refractivity contribution in [3.63, 3.8) is 0 Å². The predicted molar refractivity (Wildman–Crippen MR) is 117 cm³/mol. The summed E-state index contributed by atoms with van der Waals surface area (Å²) < 4.78 is 11.2. The van der Waals surface area contributed by atoms with Crippen LogP contribution < -0.4 is 9.47 Å². The highest BCUT2D eigenvalue weighted by Crippen LogP contribution is 2.35. The zero-order valence-corrected chi connectivity index (χ0v) is 17.3. The molecule has 152 valence electrons. The number of fused-ring (bicyclic) bond motifs is 1. The maximum absolute atomic E-state index is 5.59. The van der Waals surface area contributed by atoms with Gasteiger partial charge in [0.1, 0.15) is 5.65 Å². The van der Waals surface area contributed by atoms with E-state index in [-0.39, 0.29) is 0 Å². The number of hydrogen-bond donors (Lipinski definition) is 1. The summed E-state index contributed by atoms with van der Waals surface area (Å²) in [5.41, 5.74) is 4.64. The molecule has 1 fully saturated rings. The molecule has 0 aliphatic carbocycles. The first-order valence-corrected chi connectivity index (χ1v) is 10.2. The number of hydrogen-bond acceptors (Lipinski definition) is 4. The number of aromatic nitrogens is 2. The van der Waals surface area contributed by atoms with Crippen LogP contribution in [0.4, 0.5) is 0 Å². The number of H-pyrrole nitrogens is 1. The molecule has 0 radical (unpaired) electrons. The van der Waals surface area contributed by atoms with Crippen LogP contribution in [-0.4, -0.2) is 42.2 Å².